The summed E-state index contributed by atoms with van der Waals surface area (Å²) in [6.07, 6.45) is 1.31. The van der Waals surface area contributed by atoms with Crippen molar-refractivity contribution in [2.24, 2.45) is 0 Å². The number of aromatic nitrogens is 2. The number of rotatable bonds is 6. The number of carbonyl (C=O) groups excluding carboxylic acids is 1. The summed E-state index contributed by atoms with van der Waals surface area (Å²) >= 11 is 0. The molecule has 9 nitrogen and oxygen atoms in total. The summed E-state index contributed by atoms with van der Waals surface area (Å²) in [5.41, 5.74) is 0.353. The summed E-state index contributed by atoms with van der Waals surface area (Å²) in [6.45, 7) is -0.657. The molecule has 1 fully saturated rings. The lowest BCUT2D eigenvalue weighted by Gasteiger charge is -2.31. The van der Waals surface area contributed by atoms with E-state index in [9.17, 15) is 30.8 Å². The highest BCUT2D eigenvalue weighted by atomic mass is 32.2. The number of hydrogen-bond acceptors (Lipinski definition) is 8. The Hall–Kier alpha value is -3.00. The molecule has 1 aromatic heterocycles. The van der Waals surface area contributed by atoms with Gasteiger partial charge in [0.05, 0.1) is 18.2 Å². The van der Waals surface area contributed by atoms with Crippen molar-refractivity contribution in [3.8, 4) is 5.75 Å². The fourth-order valence-electron chi connectivity index (χ4n) is 3.21. The van der Waals surface area contributed by atoms with E-state index in [1.165, 1.54) is 13.2 Å². The molecule has 32 heavy (non-hydrogen) atoms. The van der Waals surface area contributed by atoms with Crippen molar-refractivity contribution in [3.63, 3.8) is 0 Å². The van der Waals surface area contributed by atoms with Crippen LogP contribution in [0.4, 0.5) is 29.3 Å². The SMILES string of the molecule is COc1ccc(F)cc1C(=O)c1cnc(NC2CCN(S(=O)(=O)C(F)(F)F)CC2)nc1N. The first-order valence-electron chi connectivity index (χ1n) is 9.27. The standard InChI is InChI=1S/C18H19F4N5O4S/c1-31-14-3-2-10(19)8-12(14)15(28)13-9-24-17(26-16(13)23)25-11-4-6-27(7-5-11)32(29,30)18(20,21)22/h2-3,8-9,11H,4-7H2,1H3,(H3,23,24,25,26). The number of nitrogens with one attached hydrogen (secondary N) is 1. The van der Waals surface area contributed by atoms with Gasteiger partial charge in [-0.05, 0) is 31.0 Å². The van der Waals surface area contributed by atoms with E-state index in [1.54, 1.807) is 0 Å². The van der Waals surface area contributed by atoms with Crippen LogP contribution >= 0.6 is 0 Å². The van der Waals surface area contributed by atoms with Gasteiger partial charge in [-0.2, -0.15) is 22.5 Å². The van der Waals surface area contributed by atoms with Crippen LogP contribution in [0.2, 0.25) is 0 Å². The fourth-order valence-corrected chi connectivity index (χ4v) is 4.20. The van der Waals surface area contributed by atoms with Crippen LogP contribution in [-0.2, 0) is 10.0 Å². The van der Waals surface area contributed by atoms with E-state index in [1.807, 2.05) is 0 Å². The average Bonchev–Trinajstić information content (AvgIpc) is 2.73. The van der Waals surface area contributed by atoms with Gasteiger partial charge in [0.1, 0.15) is 17.4 Å². The number of nitrogen functional groups attached to an aromatic ring is 1. The van der Waals surface area contributed by atoms with E-state index >= 15 is 0 Å². The molecule has 1 aliphatic rings. The highest BCUT2D eigenvalue weighted by molar-refractivity contribution is 7.90. The van der Waals surface area contributed by atoms with Crippen molar-refractivity contribution in [3.05, 3.63) is 41.3 Å². The van der Waals surface area contributed by atoms with E-state index in [0.717, 1.165) is 18.3 Å². The minimum atomic E-state index is -5.37. The van der Waals surface area contributed by atoms with Crippen LogP contribution in [0, 0.1) is 5.82 Å². The average molecular weight is 477 g/mol. The van der Waals surface area contributed by atoms with Gasteiger partial charge in [0.15, 0.2) is 0 Å². The lowest BCUT2D eigenvalue weighted by Crippen LogP contribution is -2.47. The zero-order chi connectivity index (χ0) is 23.7. The molecule has 3 N–H and O–H groups in total. The molecule has 0 radical (unpaired) electrons. The fraction of sp³-hybridized carbons (Fsp3) is 0.389. The molecule has 0 spiro atoms. The molecule has 14 heteroatoms. The van der Waals surface area contributed by atoms with Gasteiger partial charge >= 0.3 is 15.5 Å². The Labute approximate surface area is 180 Å². The molecule has 1 saturated heterocycles. The molecule has 2 aromatic rings. The number of alkyl halides is 3. The zero-order valence-corrected chi connectivity index (χ0v) is 17.5. The molecule has 0 atom stereocenters. The number of nitrogens with zero attached hydrogens (tertiary/aromatic N) is 3. The third-order valence-electron chi connectivity index (χ3n) is 4.89. The van der Waals surface area contributed by atoms with Gasteiger partial charge in [0.2, 0.25) is 11.7 Å². The summed E-state index contributed by atoms with van der Waals surface area (Å²) in [5.74, 6) is -1.35. The lowest BCUT2D eigenvalue weighted by atomic mass is 10.0. The number of nitrogens with two attached hydrogens (primary N) is 1. The first kappa shape index (κ1) is 23.7. The van der Waals surface area contributed by atoms with Crippen LogP contribution in [0.5, 0.6) is 5.75 Å². The number of piperidine rings is 1. The molecule has 0 amide bonds. The molecule has 0 unspecified atom stereocenters. The Morgan fingerprint density at radius 1 is 1.25 bits per heavy atom. The summed E-state index contributed by atoms with van der Waals surface area (Å²) in [5, 5.41) is 2.87. The molecular formula is C18H19F4N5O4S. The van der Waals surface area contributed by atoms with E-state index in [0.29, 0.717) is 4.31 Å². The summed E-state index contributed by atoms with van der Waals surface area (Å²) in [7, 11) is -4.05. The van der Waals surface area contributed by atoms with Crippen molar-refractivity contribution in [2.75, 3.05) is 31.2 Å². The lowest BCUT2D eigenvalue weighted by molar-refractivity contribution is -0.0494. The van der Waals surface area contributed by atoms with Gasteiger partial charge in [-0.15, -0.1) is 0 Å². The topological polar surface area (TPSA) is 128 Å². The van der Waals surface area contributed by atoms with Crippen LogP contribution in [-0.4, -0.2) is 60.2 Å². The van der Waals surface area contributed by atoms with Gasteiger partial charge in [0, 0.05) is 25.3 Å². The number of benzene rings is 1. The molecule has 0 saturated carbocycles. The number of halogens is 4. The highest BCUT2D eigenvalue weighted by Crippen LogP contribution is 2.30. The predicted octanol–water partition coefficient (Wildman–Crippen LogP) is 2.16. The van der Waals surface area contributed by atoms with Crippen LogP contribution < -0.4 is 15.8 Å². The van der Waals surface area contributed by atoms with E-state index in [4.69, 9.17) is 10.5 Å². The first-order chi connectivity index (χ1) is 14.9. The number of ketones is 1. The van der Waals surface area contributed by atoms with Crippen LogP contribution in [0.1, 0.15) is 28.8 Å². The van der Waals surface area contributed by atoms with Crippen molar-refractivity contribution in [1.82, 2.24) is 14.3 Å². The van der Waals surface area contributed by atoms with Crippen LogP contribution in [0.15, 0.2) is 24.4 Å². The number of ether oxygens (including phenoxy) is 1. The Morgan fingerprint density at radius 2 is 1.91 bits per heavy atom. The predicted molar refractivity (Wildman–Crippen MR) is 106 cm³/mol. The number of carbonyl (C=O) groups is 1. The molecule has 1 aliphatic heterocycles. The maximum atomic E-state index is 13.6. The smallest absolute Gasteiger partial charge is 0.496 e. The van der Waals surface area contributed by atoms with Crippen LogP contribution in [0.3, 0.4) is 0 Å². The number of anilines is 2. The molecule has 0 bridgehead atoms. The van der Waals surface area contributed by atoms with Gasteiger partial charge in [-0.3, -0.25) is 4.79 Å². The second kappa shape index (κ2) is 8.86. The largest absolute Gasteiger partial charge is 0.511 e. The molecular weight excluding hydrogens is 458 g/mol. The van der Waals surface area contributed by atoms with E-state index in [2.05, 4.69) is 15.3 Å². The van der Waals surface area contributed by atoms with Gasteiger partial charge in [0.25, 0.3) is 0 Å². The number of sulfonamides is 1. The molecule has 0 aliphatic carbocycles. The maximum absolute atomic E-state index is 13.6. The third-order valence-corrected chi connectivity index (χ3v) is 6.52. The minimum absolute atomic E-state index is 0.0161. The van der Waals surface area contributed by atoms with Crippen molar-refractivity contribution in [1.29, 1.82) is 0 Å². The molecule has 1 aromatic carbocycles. The molecule has 3 rings (SSSR count). The quantitative estimate of drug-likeness (QED) is 0.479. The van der Waals surface area contributed by atoms with Crippen molar-refractivity contribution >= 4 is 27.6 Å². The van der Waals surface area contributed by atoms with Crippen molar-refractivity contribution in [2.45, 2.75) is 24.4 Å². The second-order valence-electron chi connectivity index (χ2n) is 6.93. The number of methoxy groups -OCH3 is 1. The Bertz CT molecular complexity index is 1120. The van der Waals surface area contributed by atoms with Crippen molar-refractivity contribution < 1.29 is 35.5 Å². The van der Waals surface area contributed by atoms with Gasteiger partial charge < -0.3 is 15.8 Å². The Morgan fingerprint density at radius 3 is 2.47 bits per heavy atom. The summed E-state index contributed by atoms with van der Waals surface area (Å²) < 4.78 is 80.0. The normalized spacial score (nSPS) is 16.0. The maximum Gasteiger partial charge on any atom is 0.511 e. The van der Waals surface area contributed by atoms with E-state index in [-0.39, 0.29) is 54.6 Å². The highest BCUT2D eigenvalue weighted by Gasteiger charge is 2.50. The van der Waals surface area contributed by atoms with Crippen LogP contribution in [0.25, 0.3) is 0 Å². The van der Waals surface area contributed by atoms with Gasteiger partial charge in [-0.25, -0.2) is 17.8 Å². The van der Waals surface area contributed by atoms with Gasteiger partial charge in [-0.1, -0.05) is 0 Å². The minimum Gasteiger partial charge on any atom is -0.496 e. The Balaban J connectivity index is 1.69. The molecule has 174 valence electrons. The van der Waals surface area contributed by atoms with E-state index < -0.39 is 33.2 Å². The first-order valence-corrected chi connectivity index (χ1v) is 10.7. The third kappa shape index (κ3) is 4.75. The number of hydrogen-bond donors (Lipinski definition) is 2. The zero-order valence-electron chi connectivity index (χ0n) is 16.7. The summed E-state index contributed by atoms with van der Waals surface area (Å²) in [6, 6.07) is 3.02. The molecule has 2 heterocycles. The second-order valence-corrected chi connectivity index (χ2v) is 8.86. The monoisotopic (exact) mass is 477 g/mol. The summed E-state index contributed by atoms with van der Waals surface area (Å²) in [4.78, 5) is 20.7. The Kier molecular flexibility index (Phi) is 6.55.